The van der Waals surface area contributed by atoms with E-state index >= 15 is 0 Å². The normalized spacial score (nSPS) is 43.2. The highest BCUT2D eigenvalue weighted by Crippen LogP contribution is 2.59. The first-order valence-corrected chi connectivity index (χ1v) is 7.61. The molecule has 2 rings (SSSR count). The number of esters is 1. The molecule has 4 atom stereocenters. The molecule has 0 bridgehead atoms. The van der Waals surface area contributed by atoms with E-state index in [1.165, 1.54) is 0 Å². The van der Waals surface area contributed by atoms with Crippen LogP contribution in [0.15, 0.2) is 0 Å². The molecule has 5 heteroatoms. The van der Waals surface area contributed by atoms with Crippen LogP contribution in [0.25, 0.3) is 0 Å². The number of carbonyl (C=O) groups is 2. The highest BCUT2D eigenvalue weighted by molar-refractivity contribution is 14.1. The minimum Gasteiger partial charge on any atom is -0.465 e. The summed E-state index contributed by atoms with van der Waals surface area (Å²) in [6.07, 6.45) is 2.14. The maximum atomic E-state index is 12.3. The molecule has 0 aromatic carbocycles. The van der Waals surface area contributed by atoms with Crippen LogP contribution in [-0.4, -0.2) is 28.4 Å². The van der Waals surface area contributed by atoms with Gasteiger partial charge in [0.2, 0.25) is 5.91 Å². The first-order chi connectivity index (χ1) is 8.39. The van der Waals surface area contributed by atoms with E-state index in [0.29, 0.717) is 25.0 Å². The highest BCUT2D eigenvalue weighted by atomic mass is 127. The lowest BCUT2D eigenvalue weighted by Crippen LogP contribution is -2.66. The van der Waals surface area contributed by atoms with Gasteiger partial charge in [0, 0.05) is 6.54 Å². The summed E-state index contributed by atoms with van der Waals surface area (Å²) in [6, 6.07) is 0. The molecule has 1 heterocycles. The van der Waals surface area contributed by atoms with E-state index in [1.54, 1.807) is 13.8 Å². The lowest BCUT2D eigenvalue weighted by Gasteiger charge is -2.49. The zero-order valence-electron chi connectivity index (χ0n) is 11.1. The second-order valence-corrected chi connectivity index (χ2v) is 7.28. The van der Waals surface area contributed by atoms with Crippen molar-refractivity contribution >= 4 is 34.5 Å². The smallest absolute Gasteiger partial charge is 0.322 e. The fourth-order valence-electron chi connectivity index (χ4n) is 3.52. The van der Waals surface area contributed by atoms with E-state index in [2.05, 4.69) is 34.8 Å². The number of rotatable bonds is 2. The van der Waals surface area contributed by atoms with E-state index in [9.17, 15) is 9.59 Å². The predicted molar refractivity (Wildman–Crippen MR) is 76.4 cm³/mol. The third-order valence-electron chi connectivity index (χ3n) is 4.67. The second kappa shape index (κ2) is 4.65. The number of carbonyl (C=O) groups excluding carboxylic acids is 2. The quantitative estimate of drug-likeness (QED) is 0.352. The van der Waals surface area contributed by atoms with Gasteiger partial charge in [-0.15, -0.1) is 0 Å². The Balaban J connectivity index is 2.46. The monoisotopic (exact) mass is 365 g/mol. The molecule has 0 aromatic heterocycles. The van der Waals surface area contributed by atoms with Gasteiger partial charge >= 0.3 is 5.97 Å². The van der Waals surface area contributed by atoms with Crippen molar-refractivity contribution in [3.63, 3.8) is 0 Å². The molecule has 2 unspecified atom stereocenters. The highest BCUT2D eigenvalue weighted by Gasteiger charge is 2.67. The Bertz CT molecular complexity index is 386. The number of amides is 1. The van der Waals surface area contributed by atoms with E-state index in [-0.39, 0.29) is 15.3 Å². The van der Waals surface area contributed by atoms with Gasteiger partial charge in [0.1, 0.15) is 0 Å². The van der Waals surface area contributed by atoms with Crippen LogP contribution in [0.4, 0.5) is 0 Å². The third-order valence-corrected chi connectivity index (χ3v) is 7.70. The van der Waals surface area contributed by atoms with E-state index in [1.807, 2.05) is 0 Å². The van der Waals surface area contributed by atoms with E-state index in [0.717, 1.165) is 12.8 Å². The van der Waals surface area contributed by atoms with Crippen LogP contribution >= 0.6 is 22.6 Å². The van der Waals surface area contributed by atoms with Gasteiger partial charge in [-0.05, 0) is 38.5 Å². The molecule has 1 saturated heterocycles. The zero-order chi connectivity index (χ0) is 13.6. The van der Waals surface area contributed by atoms with Crippen LogP contribution in [-0.2, 0) is 14.3 Å². The Kier molecular flexibility index (Phi) is 3.64. The van der Waals surface area contributed by atoms with Gasteiger partial charge in [0.05, 0.1) is 10.0 Å². The van der Waals surface area contributed by atoms with Crippen LogP contribution in [0.5, 0.6) is 0 Å². The summed E-state index contributed by atoms with van der Waals surface area (Å²) in [5.74, 6) is 0.152. The third kappa shape index (κ3) is 1.62. The second-order valence-electron chi connectivity index (χ2n) is 5.50. The van der Waals surface area contributed by atoms with Gasteiger partial charge < -0.3 is 10.1 Å². The van der Waals surface area contributed by atoms with Crippen molar-refractivity contribution in [2.24, 2.45) is 17.3 Å². The number of nitrogens with one attached hydrogen (secondary N) is 1. The number of hydrogen-bond acceptors (Lipinski definition) is 3. The summed E-state index contributed by atoms with van der Waals surface area (Å²) in [4.78, 5) is 24.6. The maximum absolute atomic E-state index is 12.3. The molecular formula is C13H20INO3. The maximum Gasteiger partial charge on any atom is 0.322 e. The molecule has 4 nitrogen and oxygen atoms in total. The van der Waals surface area contributed by atoms with Gasteiger partial charge in [0.15, 0.2) is 5.41 Å². The number of ether oxygens (including phenoxy) is 1. The van der Waals surface area contributed by atoms with Crippen molar-refractivity contribution in [3.05, 3.63) is 0 Å². The molecule has 1 N–H and O–H groups in total. The van der Waals surface area contributed by atoms with Crippen molar-refractivity contribution in [3.8, 4) is 0 Å². The van der Waals surface area contributed by atoms with Crippen molar-refractivity contribution in [2.45, 2.75) is 37.0 Å². The average molecular weight is 365 g/mol. The van der Waals surface area contributed by atoms with Gasteiger partial charge in [-0.1, -0.05) is 29.5 Å². The summed E-state index contributed by atoms with van der Waals surface area (Å²) in [5, 5.41) is 2.88. The molecule has 1 aliphatic heterocycles. The summed E-state index contributed by atoms with van der Waals surface area (Å²) in [6.45, 7) is 6.66. The SMILES string of the molecule is CCOC(=O)C1(C)C(=O)NC[C@@H]2CCC(C)[C@@]21I. The summed E-state index contributed by atoms with van der Waals surface area (Å²) in [7, 11) is 0. The molecule has 1 aliphatic carbocycles. The van der Waals surface area contributed by atoms with Gasteiger partial charge in [0.25, 0.3) is 0 Å². The fourth-order valence-corrected chi connectivity index (χ4v) is 4.82. The molecule has 0 radical (unpaired) electrons. The van der Waals surface area contributed by atoms with Crippen molar-refractivity contribution in [1.82, 2.24) is 5.32 Å². The zero-order valence-corrected chi connectivity index (χ0v) is 13.2. The Labute approximate surface area is 121 Å². The van der Waals surface area contributed by atoms with Crippen LogP contribution in [0.2, 0.25) is 0 Å². The number of hydrogen-bond donors (Lipinski definition) is 1. The first kappa shape index (κ1) is 14.1. The summed E-state index contributed by atoms with van der Waals surface area (Å²) in [5.41, 5.74) is -1.07. The predicted octanol–water partition coefficient (Wildman–Crippen LogP) is 1.91. The average Bonchev–Trinajstić information content (AvgIpc) is 2.63. The van der Waals surface area contributed by atoms with Crippen LogP contribution in [0.3, 0.4) is 0 Å². The molecule has 2 fully saturated rings. The van der Waals surface area contributed by atoms with Crippen molar-refractivity contribution in [1.29, 1.82) is 0 Å². The number of fused-ring (bicyclic) bond motifs is 1. The van der Waals surface area contributed by atoms with E-state index in [4.69, 9.17) is 4.74 Å². The molecule has 0 spiro atoms. The Hall–Kier alpha value is -0.330. The fraction of sp³-hybridized carbons (Fsp3) is 0.846. The largest absolute Gasteiger partial charge is 0.465 e. The van der Waals surface area contributed by atoms with Gasteiger partial charge in [-0.25, -0.2) is 0 Å². The Morgan fingerprint density at radius 3 is 2.83 bits per heavy atom. The molecule has 1 amide bonds. The molecule has 102 valence electrons. The lowest BCUT2D eigenvalue weighted by atomic mass is 9.65. The summed E-state index contributed by atoms with van der Waals surface area (Å²) < 4.78 is 4.85. The molecule has 1 saturated carbocycles. The standard InChI is InChI=1S/C13H20INO3/c1-4-18-11(17)12(3)10(16)15-7-9-6-5-8(2)13(9,12)14/h8-9H,4-7H2,1-3H3,(H,15,16)/t8?,9-,12?,13+/m0/s1. The minimum atomic E-state index is -1.07. The number of halogens is 1. The van der Waals surface area contributed by atoms with Crippen LogP contribution in [0, 0.1) is 17.3 Å². The molecule has 2 aliphatic rings. The molecule has 0 aromatic rings. The van der Waals surface area contributed by atoms with E-state index < -0.39 is 5.41 Å². The summed E-state index contributed by atoms with van der Waals surface area (Å²) >= 11 is 2.36. The topological polar surface area (TPSA) is 55.4 Å². The molecule has 18 heavy (non-hydrogen) atoms. The Morgan fingerprint density at radius 1 is 1.56 bits per heavy atom. The molecular weight excluding hydrogens is 345 g/mol. The van der Waals surface area contributed by atoms with Gasteiger partial charge in [-0.3, -0.25) is 9.59 Å². The Morgan fingerprint density at radius 2 is 2.22 bits per heavy atom. The van der Waals surface area contributed by atoms with Crippen LogP contribution in [0.1, 0.15) is 33.6 Å². The van der Waals surface area contributed by atoms with Crippen molar-refractivity contribution < 1.29 is 14.3 Å². The number of piperidine rings is 1. The number of alkyl halides is 1. The van der Waals surface area contributed by atoms with Crippen molar-refractivity contribution in [2.75, 3.05) is 13.2 Å². The first-order valence-electron chi connectivity index (χ1n) is 6.53. The lowest BCUT2D eigenvalue weighted by molar-refractivity contribution is -0.165. The minimum absolute atomic E-state index is 0.180. The van der Waals surface area contributed by atoms with Crippen LogP contribution < -0.4 is 5.32 Å². The van der Waals surface area contributed by atoms with Gasteiger partial charge in [-0.2, -0.15) is 0 Å².